The van der Waals surface area contributed by atoms with Crippen LogP contribution in [0.2, 0.25) is 0 Å². The molecule has 186 valence electrons. The predicted molar refractivity (Wildman–Crippen MR) is 150 cm³/mol. The number of nitrogens with one attached hydrogen (secondary N) is 3. The van der Waals surface area contributed by atoms with Crippen LogP contribution in [0.15, 0.2) is 101 Å². The third kappa shape index (κ3) is 6.11. The number of nitriles is 1. The minimum atomic E-state index is -0.571. The van der Waals surface area contributed by atoms with E-state index in [1.54, 1.807) is 0 Å². The number of hydrogen-bond acceptors (Lipinski definition) is 5. The smallest absolute Gasteiger partial charge is 0.254 e. The molecule has 3 N–H and O–H groups in total. The molecule has 0 fully saturated rings. The second-order valence-corrected chi connectivity index (χ2v) is 9.82. The molecule has 1 heterocycles. The molecule has 1 atom stereocenters. The van der Waals surface area contributed by atoms with E-state index in [2.05, 4.69) is 22.0 Å². The van der Waals surface area contributed by atoms with Crippen LogP contribution in [0.25, 0.3) is 0 Å². The van der Waals surface area contributed by atoms with Crippen molar-refractivity contribution in [1.82, 2.24) is 5.32 Å². The number of amides is 2. The normalized spacial score (nSPS) is 15.0. The summed E-state index contributed by atoms with van der Waals surface area (Å²) in [7, 11) is 0. The van der Waals surface area contributed by atoms with E-state index in [0.29, 0.717) is 21.9 Å². The van der Waals surface area contributed by atoms with Gasteiger partial charge in [-0.15, -0.1) is 0 Å². The van der Waals surface area contributed by atoms with E-state index in [1.165, 1.54) is 11.8 Å². The van der Waals surface area contributed by atoms with Crippen molar-refractivity contribution >= 4 is 35.0 Å². The number of hydrogen-bond donors (Lipinski definition) is 3. The fourth-order valence-electron chi connectivity index (χ4n) is 4.27. The van der Waals surface area contributed by atoms with Crippen LogP contribution in [0.4, 0.5) is 11.4 Å². The van der Waals surface area contributed by atoms with E-state index in [-0.39, 0.29) is 17.6 Å². The lowest BCUT2D eigenvalue weighted by Gasteiger charge is -2.30. The van der Waals surface area contributed by atoms with Gasteiger partial charge in [0.2, 0.25) is 5.91 Å². The molecular weight excluding hydrogens is 480 g/mol. The second-order valence-electron chi connectivity index (χ2n) is 8.84. The van der Waals surface area contributed by atoms with Gasteiger partial charge in [-0.1, -0.05) is 72.4 Å². The number of carbonyl (C=O) groups excluding carboxylic acids is 2. The quantitative estimate of drug-likeness (QED) is 0.363. The molecule has 3 aromatic carbocycles. The zero-order valence-corrected chi connectivity index (χ0v) is 21.8. The lowest BCUT2D eigenvalue weighted by molar-refractivity contribution is -0.114. The molecule has 0 aromatic heterocycles. The molecule has 2 amide bonds. The highest BCUT2D eigenvalue weighted by molar-refractivity contribution is 8.03. The highest BCUT2D eigenvalue weighted by Gasteiger charge is 2.35. The largest absolute Gasteiger partial charge is 0.353 e. The highest BCUT2D eigenvalue weighted by Crippen LogP contribution is 2.41. The summed E-state index contributed by atoms with van der Waals surface area (Å²) < 4.78 is 0. The third-order valence-corrected chi connectivity index (χ3v) is 7.08. The number of carbonyl (C=O) groups is 2. The topological polar surface area (TPSA) is 94.0 Å². The van der Waals surface area contributed by atoms with Gasteiger partial charge in [0.15, 0.2) is 0 Å². The van der Waals surface area contributed by atoms with Gasteiger partial charge in [-0.3, -0.25) is 9.59 Å². The first kappa shape index (κ1) is 25.8. The number of thioether (sulfide) groups is 1. The lowest BCUT2D eigenvalue weighted by Crippen LogP contribution is -2.31. The van der Waals surface area contributed by atoms with Gasteiger partial charge in [0.05, 0.1) is 28.3 Å². The van der Waals surface area contributed by atoms with Crippen molar-refractivity contribution < 1.29 is 9.59 Å². The summed E-state index contributed by atoms with van der Waals surface area (Å²) in [6.45, 7) is 5.72. The van der Waals surface area contributed by atoms with E-state index in [9.17, 15) is 14.9 Å². The summed E-state index contributed by atoms with van der Waals surface area (Å²) in [5, 5.41) is 19.9. The minimum absolute atomic E-state index is 0.112. The molecule has 0 radical (unpaired) electrons. The maximum Gasteiger partial charge on any atom is 0.254 e. The summed E-state index contributed by atoms with van der Waals surface area (Å²) in [5.41, 5.74) is 5.79. The standard InChI is InChI=1S/C30H28N4O2S/c1-19-10-9-14-23(16-19)33-26(35)18-37-30-24(17-31)28(22-12-5-4-6-13-22)27(21(3)32-30)29(36)34-25-15-8-7-11-20(25)2/h4-16,28,32H,18H2,1-3H3,(H,33,35)(H,34,36). The van der Waals surface area contributed by atoms with Gasteiger partial charge in [-0.05, 0) is 55.7 Å². The van der Waals surface area contributed by atoms with Crippen molar-refractivity contribution in [2.75, 3.05) is 16.4 Å². The number of dihydropyridines is 1. The molecule has 0 spiro atoms. The number of benzene rings is 3. The van der Waals surface area contributed by atoms with Crippen molar-refractivity contribution in [2.24, 2.45) is 0 Å². The van der Waals surface area contributed by atoms with Crippen LogP contribution in [0.5, 0.6) is 0 Å². The molecule has 0 bridgehead atoms. The molecule has 6 nitrogen and oxygen atoms in total. The Morgan fingerprint density at radius 3 is 2.38 bits per heavy atom. The number of rotatable bonds is 7. The second kappa shape index (κ2) is 11.6. The zero-order chi connectivity index (χ0) is 26.4. The van der Waals surface area contributed by atoms with Gasteiger partial charge in [0.25, 0.3) is 5.91 Å². The van der Waals surface area contributed by atoms with Gasteiger partial charge in [-0.2, -0.15) is 5.26 Å². The van der Waals surface area contributed by atoms with Gasteiger partial charge < -0.3 is 16.0 Å². The van der Waals surface area contributed by atoms with Crippen LogP contribution >= 0.6 is 11.8 Å². The van der Waals surface area contributed by atoms with Crippen molar-refractivity contribution in [3.63, 3.8) is 0 Å². The van der Waals surface area contributed by atoms with E-state index in [0.717, 1.165) is 28.1 Å². The Balaban J connectivity index is 1.62. The maximum atomic E-state index is 13.6. The van der Waals surface area contributed by atoms with Gasteiger partial charge in [0.1, 0.15) is 0 Å². The third-order valence-electron chi connectivity index (χ3n) is 6.07. The van der Waals surface area contributed by atoms with E-state index < -0.39 is 5.92 Å². The number of anilines is 2. The molecule has 0 aliphatic carbocycles. The van der Waals surface area contributed by atoms with Crippen LogP contribution in [-0.4, -0.2) is 17.6 Å². The summed E-state index contributed by atoms with van der Waals surface area (Å²) in [4.78, 5) is 26.2. The molecule has 7 heteroatoms. The van der Waals surface area contributed by atoms with E-state index in [1.807, 2.05) is 99.6 Å². The van der Waals surface area contributed by atoms with Crippen LogP contribution < -0.4 is 16.0 Å². The van der Waals surface area contributed by atoms with Crippen molar-refractivity contribution in [3.05, 3.63) is 117 Å². The molecule has 37 heavy (non-hydrogen) atoms. The van der Waals surface area contributed by atoms with Crippen LogP contribution in [-0.2, 0) is 9.59 Å². The molecule has 0 saturated carbocycles. The van der Waals surface area contributed by atoms with Crippen molar-refractivity contribution in [2.45, 2.75) is 26.7 Å². The fraction of sp³-hybridized carbons (Fsp3) is 0.167. The summed E-state index contributed by atoms with van der Waals surface area (Å²) in [6.07, 6.45) is 0. The summed E-state index contributed by atoms with van der Waals surface area (Å²) in [5.74, 6) is -0.912. The van der Waals surface area contributed by atoms with Crippen LogP contribution in [0.1, 0.15) is 29.5 Å². The van der Waals surface area contributed by atoms with Crippen LogP contribution in [0.3, 0.4) is 0 Å². The lowest BCUT2D eigenvalue weighted by atomic mass is 9.82. The molecule has 0 saturated heterocycles. The Hall–Kier alpha value is -4.28. The van der Waals surface area contributed by atoms with Crippen LogP contribution in [0, 0.1) is 25.2 Å². The first-order chi connectivity index (χ1) is 17.9. The van der Waals surface area contributed by atoms with Gasteiger partial charge in [-0.25, -0.2) is 0 Å². The number of nitrogens with zero attached hydrogens (tertiary/aromatic N) is 1. The Kier molecular flexibility index (Phi) is 8.11. The SMILES string of the molecule is CC1=C(C(=O)Nc2ccccc2C)C(c2ccccc2)C(C#N)=C(SCC(=O)Nc2cccc(C)c2)N1. The Bertz CT molecular complexity index is 1440. The average molecular weight is 509 g/mol. The number of allylic oxidation sites excluding steroid dienone is 2. The highest BCUT2D eigenvalue weighted by atomic mass is 32.2. The Morgan fingerprint density at radius 1 is 0.946 bits per heavy atom. The van der Waals surface area contributed by atoms with Crippen molar-refractivity contribution in [3.8, 4) is 6.07 Å². The van der Waals surface area contributed by atoms with Gasteiger partial charge >= 0.3 is 0 Å². The molecule has 3 aromatic rings. The number of aryl methyl sites for hydroxylation is 2. The molecule has 4 rings (SSSR count). The average Bonchev–Trinajstić information content (AvgIpc) is 2.88. The number of para-hydroxylation sites is 1. The zero-order valence-electron chi connectivity index (χ0n) is 21.0. The maximum absolute atomic E-state index is 13.6. The summed E-state index contributed by atoms with van der Waals surface area (Å²) >= 11 is 1.25. The molecule has 1 aliphatic heterocycles. The van der Waals surface area contributed by atoms with Crippen molar-refractivity contribution in [1.29, 1.82) is 5.26 Å². The Labute approximate surface area is 221 Å². The van der Waals surface area contributed by atoms with Gasteiger partial charge in [0, 0.05) is 22.6 Å². The fourth-order valence-corrected chi connectivity index (χ4v) is 5.16. The predicted octanol–water partition coefficient (Wildman–Crippen LogP) is 6.01. The minimum Gasteiger partial charge on any atom is -0.353 e. The Morgan fingerprint density at radius 2 is 1.68 bits per heavy atom. The first-order valence-corrected chi connectivity index (χ1v) is 12.9. The van der Waals surface area contributed by atoms with E-state index >= 15 is 0 Å². The first-order valence-electron chi connectivity index (χ1n) is 11.9. The summed E-state index contributed by atoms with van der Waals surface area (Å²) in [6, 6.07) is 27.0. The molecule has 1 unspecified atom stereocenters. The molecule has 1 aliphatic rings. The molecular formula is C30H28N4O2S. The van der Waals surface area contributed by atoms with E-state index in [4.69, 9.17) is 0 Å². The monoisotopic (exact) mass is 508 g/mol.